The SMILES string of the molecule is C=C(CCCC)N1CCN(C(=C)c2ccc3c(Cl)c(C)c(-c4ccc(C#N)cc4)nc3c2)CC1. The zero-order valence-corrected chi connectivity index (χ0v) is 20.8. The van der Waals surface area contributed by atoms with E-state index in [4.69, 9.17) is 21.8 Å². The summed E-state index contributed by atoms with van der Waals surface area (Å²) >= 11 is 6.76. The molecule has 3 aromatic rings. The lowest BCUT2D eigenvalue weighted by atomic mass is 10.0. The van der Waals surface area contributed by atoms with Crippen LogP contribution in [-0.4, -0.2) is 41.0 Å². The molecule has 0 radical (unpaired) electrons. The third-order valence-electron chi connectivity index (χ3n) is 6.70. The Labute approximate surface area is 207 Å². The van der Waals surface area contributed by atoms with Crippen LogP contribution in [0.5, 0.6) is 0 Å². The average Bonchev–Trinajstić information content (AvgIpc) is 2.88. The van der Waals surface area contributed by atoms with Crippen molar-refractivity contribution in [2.24, 2.45) is 0 Å². The number of rotatable bonds is 7. The Morgan fingerprint density at radius 3 is 2.38 bits per heavy atom. The van der Waals surface area contributed by atoms with E-state index in [2.05, 4.69) is 48.1 Å². The normalized spacial score (nSPS) is 13.7. The van der Waals surface area contributed by atoms with E-state index in [1.807, 2.05) is 37.3 Å². The number of fused-ring (bicyclic) bond motifs is 1. The van der Waals surface area contributed by atoms with Gasteiger partial charge in [-0.25, -0.2) is 4.98 Å². The zero-order chi connectivity index (χ0) is 24.2. The lowest BCUT2D eigenvalue weighted by Gasteiger charge is -2.39. The molecule has 4 rings (SSSR count). The van der Waals surface area contributed by atoms with E-state index in [9.17, 15) is 0 Å². The van der Waals surface area contributed by atoms with E-state index in [0.717, 1.165) is 71.6 Å². The predicted octanol–water partition coefficient (Wildman–Crippen LogP) is 7.03. The molecule has 1 fully saturated rings. The van der Waals surface area contributed by atoms with Crippen LogP contribution in [0.1, 0.15) is 42.9 Å². The third kappa shape index (κ3) is 4.81. The number of piperazine rings is 1. The van der Waals surface area contributed by atoms with Gasteiger partial charge in [-0.2, -0.15) is 5.26 Å². The summed E-state index contributed by atoms with van der Waals surface area (Å²) in [5.74, 6) is 0. The second-order valence-corrected chi connectivity index (χ2v) is 9.29. The molecule has 0 N–H and O–H groups in total. The average molecular weight is 471 g/mol. The number of unbranched alkanes of at least 4 members (excludes halogenated alkanes) is 1. The molecule has 1 aliphatic rings. The van der Waals surface area contributed by atoms with Crippen LogP contribution >= 0.6 is 11.6 Å². The largest absolute Gasteiger partial charge is 0.372 e. The molecule has 2 aromatic carbocycles. The molecule has 0 saturated carbocycles. The Balaban J connectivity index is 1.57. The molecule has 174 valence electrons. The Bertz CT molecular complexity index is 1260. The number of aromatic nitrogens is 1. The lowest BCUT2D eigenvalue weighted by Crippen LogP contribution is -2.44. The maximum Gasteiger partial charge on any atom is 0.0991 e. The summed E-state index contributed by atoms with van der Waals surface area (Å²) in [5, 5.41) is 10.7. The maximum atomic E-state index is 9.10. The van der Waals surface area contributed by atoms with E-state index in [1.165, 1.54) is 18.5 Å². The number of hydrogen-bond donors (Lipinski definition) is 0. The first-order valence-electron chi connectivity index (χ1n) is 11.9. The minimum Gasteiger partial charge on any atom is -0.372 e. The van der Waals surface area contributed by atoms with Gasteiger partial charge < -0.3 is 9.80 Å². The fourth-order valence-corrected chi connectivity index (χ4v) is 4.75. The van der Waals surface area contributed by atoms with Gasteiger partial charge in [0.1, 0.15) is 0 Å². The topological polar surface area (TPSA) is 43.2 Å². The van der Waals surface area contributed by atoms with Crippen LogP contribution in [0, 0.1) is 18.3 Å². The van der Waals surface area contributed by atoms with Gasteiger partial charge in [-0.15, -0.1) is 0 Å². The molecule has 1 saturated heterocycles. The van der Waals surface area contributed by atoms with Crippen molar-refractivity contribution < 1.29 is 0 Å². The molecule has 2 heterocycles. The number of pyridine rings is 1. The van der Waals surface area contributed by atoms with Crippen LogP contribution in [0.15, 0.2) is 61.3 Å². The van der Waals surface area contributed by atoms with Gasteiger partial charge in [-0.05, 0) is 49.1 Å². The van der Waals surface area contributed by atoms with E-state index in [-0.39, 0.29) is 0 Å². The monoisotopic (exact) mass is 470 g/mol. The summed E-state index contributed by atoms with van der Waals surface area (Å²) < 4.78 is 0. The Hall–Kier alpha value is -3.29. The predicted molar refractivity (Wildman–Crippen MR) is 142 cm³/mol. The lowest BCUT2D eigenvalue weighted by molar-refractivity contribution is 0.209. The van der Waals surface area contributed by atoms with Crippen LogP contribution < -0.4 is 0 Å². The first kappa shape index (κ1) is 23.9. The van der Waals surface area contributed by atoms with Gasteiger partial charge in [0, 0.05) is 48.5 Å². The molecule has 0 bridgehead atoms. The summed E-state index contributed by atoms with van der Waals surface area (Å²) in [5.41, 5.74) is 7.52. The minimum atomic E-state index is 0.626. The van der Waals surface area contributed by atoms with Crippen molar-refractivity contribution in [2.45, 2.75) is 33.1 Å². The molecular formula is C29H31ClN4. The highest BCUT2D eigenvalue weighted by Crippen LogP contribution is 2.34. The van der Waals surface area contributed by atoms with Gasteiger partial charge in [0.2, 0.25) is 0 Å². The number of nitriles is 1. The highest BCUT2D eigenvalue weighted by atomic mass is 35.5. The van der Waals surface area contributed by atoms with E-state index in [1.54, 1.807) is 0 Å². The smallest absolute Gasteiger partial charge is 0.0991 e. The van der Waals surface area contributed by atoms with Crippen molar-refractivity contribution in [3.05, 3.63) is 83.0 Å². The molecule has 0 amide bonds. The van der Waals surface area contributed by atoms with Crippen molar-refractivity contribution in [1.29, 1.82) is 5.26 Å². The molecule has 1 aliphatic heterocycles. The zero-order valence-electron chi connectivity index (χ0n) is 20.1. The van der Waals surface area contributed by atoms with E-state index < -0.39 is 0 Å². The van der Waals surface area contributed by atoms with Crippen LogP contribution in [-0.2, 0) is 0 Å². The molecule has 34 heavy (non-hydrogen) atoms. The fourth-order valence-electron chi connectivity index (χ4n) is 4.50. The highest BCUT2D eigenvalue weighted by molar-refractivity contribution is 6.36. The molecule has 5 heteroatoms. The first-order valence-corrected chi connectivity index (χ1v) is 12.3. The highest BCUT2D eigenvalue weighted by Gasteiger charge is 2.20. The summed E-state index contributed by atoms with van der Waals surface area (Å²) in [7, 11) is 0. The Morgan fingerprint density at radius 2 is 1.74 bits per heavy atom. The van der Waals surface area contributed by atoms with E-state index >= 15 is 0 Å². The molecule has 1 aromatic heterocycles. The summed E-state index contributed by atoms with van der Waals surface area (Å²) in [6, 6.07) is 15.8. The standard InChI is InChI=1S/C29H31ClN4/c1-5-6-7-20(2)33-14-16-34(17-15-33)22(4)25-12-13-26-27(18-25)32-29(21(3)28(26)30)24-10-8-23(19-31)9-11-24/h8-13,18H,2,4-7,14-17H2,1,3H3. The number of hydrogen-bond acceptors (Lipinski definition) is 4. The number of allylic oxidation sites excluding steroid dienone is 1. The van der Waals surface area contributed by atoms with Gasteiger partial charge >= 0.3 is 0 Å². The fraction of sp³-hybridized carbons (Fsp3) is 0.310. The van der Waals surface area contributed by atoms with Gasteiger partial charge in [0.25, 0.3) is 0 Å². The van der Waals surface area contributed by atoms with Crippen LogP contribution in [0.4, 0.5) is 0 Å². The summed E-state index contributed by atoms with van der Waals surface area (Å²) in [6.07, 6.45) is 3.47. The molecule has 4 nitrogen and oxygen atoms in total. The van der Waals surface area contributed by atoms with Crippen molar-refractivity contribution in [1.82, 2.24) is 14.8 Å². The maximum absolute atomic E-state index is 9.10. The quantitative estimate of drug-likeness (QED) is 0.372. The molecule has 0 spiro atoms. The number of halogens is 1. The number of nitrogens with zero attached hydrogens (tertiary/aromatic N) is 4. The van der Waals surface area contributed by atoms with Crippen molar-refractivity contribution in [3.8, 4) is 17.3 Å². The molecule has 0 atom stereocenters. The molecular weight excluding hydrogens is 440 g/mol. The first-order chi connectivity index (χ1) is 16.4. The van der Waals surface area contributed by atoms with Gasteiger partial charge in [0.05, 0.1) is 27.9 Å². The molecule has 0 unspecified atom stereocenters. The van der Waals surface area contributed by atoms with Gasteiger partial charge in [0.15, 0.2) is 0 Å². The second kappa shape index (κ2) is 10.3. The summed E-state index contributed by atoms with van der Waals surface area (Å²) in [6.45, 7) is 16.7. The summed E-state index contributed by atoms with van der Waals surface area (Å²) in [4.78, 5) is 9.73. The Kier molecular flexibility index (Phi) is 7.24. The minimum absolute atomic E-state index is 0.626. The van der Waals surface area contributed by atoms with Crippen molar-refractivity contribution in [2.75, 3.05) is 26.2 Å². The van der Waals surface area contributed by atoms with E-state index in [0.29, 0.717) is 10.6 Å². The van der Waals surface area contributed by atoms with Crippen molar-refractivity contribution in [3.63, 3.8) is 0 Å². The van der Waals surface area contributed by atoms with Crippen LogP contribution in [0.3, 0.4) is 0 Å². The Morgan fingerprint density at radius 1 is 1.06 bits per heavy atom. The van der Waals surface area contributed by atoms with Crippen LogP contribution in [0.2, 0.25) is 5.02 Å². The van der Waals surface area contributed by atoms with Gasteiger partial charge in [-0.1, -0.05) is 62.4 Å². The third-order valence-corrected chi connectivity index (χ3v) is 7.19. The van der Waals surface area contributed by atoms with Gasteiger partial charge in [-0.3, -0.25) is 0 Å². The number of benzene rings is 2. The van der Waals surface area contributed by atoms with Crippen molar-refractivity contribution >= 4 is 28.2 Å². The molecule has 0 aliphatic carbocycles. The van der Waals surface area contributed by atoms with Crippen LogP contribution in [0.25, 0.3) is 27.9 Å². The second-order valence-electron chi connectivity index (χ2n) is 8.91.